The molecule has 3 aromatic rings. The second kappa shape index (κ2) is 6.22. The van der Waals surface area contributed by atoms with Crippen LogP contribution in [-0.2, 0) is 0 Å². The summed E-state index contributed by atoms with van der Waals surface area (Å²) >= 11 is 1.78. The van der Waals surface area contributed by atoms with Crippen LogP contribution in [0.5, 0.6) is 0 Å². The van der Waals surface area contributed by atoms with Crippen molar-refractivity contribution in [1.29, 1.82) is 0 Å². The Labute approximate surface area is 129 Å². The van der Waals surface area contributed by atoms with Crippen LogP contribution in [-0.4, -0.2) is 22.3 Å². The van der Waals surface area contributed by atoms with Crippen molar-refractivity contribution in [2.24, 2.45) is 4.99 Å². The molecule has 0 bridgehead atoms. The third-order valence-corrected chi connectivity index (χ3v) is 4.74. The molecule has 0 radical (unpaired) electrons. The van der Waals surface area contributed by atoms with Crippen LogP contribution in [0.25, 0.3) is 16.0 Å². The number of para-hydroxylation sites is 2. The first-order valence-electron chi connectivity index (χ1n) is 7.31. The molecule has 0 spiro atoms. The summed E-state index contributed by atoms with van der Waals surface area (Å²) in [5.74, 6) is 0. The molecule has 0 saturated heterocycles. The maximum atomic E-state index is 4.46. The predicted octanol–water partition coefficient (Wildman–Crippen LogP) is 4.70. The first-order chi connectivity index (χ1) is 10.3. The van der Waals surface area contributed by atoms with Crippen LogP contribution in [0.4, 0.5) is 0 Å². The summed E-state index contributed by atoms with van der Waals surface area (Å²) in [4.78, 5) is 10.2. The standard InChI is InChI=1S/C17H19N3S/c1-3-4-7-14(18-2)16-10-11-17(21-16)20-12-19-13-8-5-6-9-15(13)20/h5-6,8-12H,3-4,7H2,1-2H3. The summed E-state index contributed by atoms with van der Waals surface area (Å²) < 4.78 is 2.15. The van der Waals surface area contributed by atoms with Gasteiger partial charge in [0, 0.05) is 7.05 Å². The molecule has 2 aromatic heterocycles. The average Bonchev–Trinajstić information content (AvgIpc) is 3.14. The van der Waals surface area contributed by atoms with E-state index in [1.807, 2.05) is 25.5 Å². The van der Waals surface area contributed by atoms with Crippen molar-refractivity contribution in [2.45, 2.75) is 26.2 Å². The maximum absolute atomic E-state index is 4.46. The molecule has 0 saturated carbocycles. The molecule has 108 valence electrons. The number of unbranched alkanes of at least 4 members (excludes halogenated alkanes) is 1. The predicted molar refractivity (Wildman–Crippen MR) is 90.9 cm³/mol. The lowest BCUT2D eigenvalue weighted by molar-refractivity contribution is 0.835. The summed E-state index contributed by atoms with van der Waals surface area (Å²) in [6.07, 6.45) is 5.34. The van der Waals surface area contributed by atoms with Gasteiger partial charge in [0.05, 0.1) is 21.6 Å². The van der Waals surface area contributed by atoms with Crippen LogP contribution in [0.1, 0.15) is 31.1 Å². The molecule has 0 amide bonds. The van der Waals surface area contributed by atoms with Crippen LogP contribution >= 0.6 is 11.3 Å². The van der Waals surface area contributed by atoms with Crippen LogP contribution in [0.3, 0.4) is 0 Å². The van der Waals surface area contributed by atoms with Gasteiger partial charge in [-0.2, -0.15) is 0 Å². The summed E-state index contributed by atoms with van der Waals surface area (Å²) in [6, 6.07) is 12.5. The van der Waals surface area contributed by atoms with E-state index >= 15 is 0 Å². The van der Waals surface area contributed by atoms with Crippen molar-refractivity contribution >= 4 is 28.1 Å². The molecular weight excluding hydrogens is 278 g/mol. The Morgan fingerprint density at radius 3 is 2.90 bits per heavy atom. The number of rotatable bonds is 5. The zero-order valence-electron chi connectivity index (χ0n) is 12.4. The fourth-order valence-electron chi connectivity index (χ4n) is 2.44. The Hall–Kier alpha value is -1.94. The van der Waals surface area contributed by atoms with E-state index in [9.17, 15) is 0 Å². The molecular formula is C17H19N3S. The molecule has 0 fully saturated rings. The number of aromatic nitrogens is 2. The molecule has 2 heterocycles. The monoisotopic (exact) mass is 297 g/mol. The van der Waals surface area contributed by atoms with Gasteiger partial charge >= 0.3 is 0 Å². The normalized spacial score (nSPS) is 12.2. The minimum absolute atomic E-state index is 1.03. The van der Waals surface area contributed by atoms with E-state index in [1.165, 1.54) is 28.4 Å². The quantitative estimate of drug-likeness (QED) is 0.628. The molecule has 1 aromatic carbocycles. The highest BCUT2D eigenvalue weighted by Gasteiger charge is 2.10. The van der Waals surface area contributed by atoms with Gasteiger partial charge in [0.2, 0.25) is 0 Å². The van der Waals surface area contributed by atoms with E-state index in [1.54, 1.807) is 11.3 Å². The molecule has 0 aliphatic carbocycles. The van der Waals surface area contributed by atoms with Crippen LogP contribution in [0.2, 0.25) is 0 Å². The molecule has 0 N–H and O–H groups in total. The lowest BCUT2D eigenvalue weighted by atomic mass is 10.1. The minimum atomic E-state index is 1.03. The number of fused-ring (bicyclic) bond motifs is 1. The van der Waals surface area contributed by atoms with E-state index in [-0.39, 0.29) is 0 Å². The van der Waals surface area contributed by atoms with E-state index in [0.29, 0.717) is 0 Å². The fraction of sp³-hybridized carbons (Fsp3) is 0.294. The number of aliphatic imine (C=N–C) groups is 1. The van der Waals surface area contributed by atoms with Gasteiger partial charge in [-0.05, 0) is 37.1 Å². The van der Waals surface area contributed by atoms with E-state index < -0.39 is 0 Å². The Morgan fingerprint density at radius 1 is 1.24 bits per heavy atom. The van der Waals surface area contributed by atoms with E-state index in [0.717, 1.165) is 17.5 Å². The van der Waals surface area contributed by atoms with Gasteiger partial charge in [-0.1, -0.05) is 25.5 Å². The molecule has 0 aliphatic rings. The van der Waals surface area contributed by atoms with Crippen LogP contribution in [0, 0.1) is 0 Å². The van der Waals surface area contributed by atoms with Gasteiger partial charge < -0.3 is 0 Å². The number of imidazole rings is 1. The van der Waals surface area contributed by atoms with E-state index in [4.69, 9.17) is 0 Å². The van der Waals surface area contributed by atoms with Crippen LogP contribution in [0.15, 0.2) is 47.7 Å². The first kappa shape index (κ1) is 14.0. The Kier molecular flexibility index (Phi) is 4.15. The van der Waals surface area contributed by atoms with Crippen molar-refractivity contribution in [3.63, 3.8) is 0 Å². The second-order valence-corrected chi connectivity index (χ2v) is 6.08. The molecule has 0 atom stereocenters. The fourth-order valence-corrected chi connectivity index (χ4v) is 3.49. The summed E-state index contributed by atoms with van der Waals surface area (Å²) in [7, 11) is 1.89. The molecule has 21 heavy (non-hydrogen) atoms. The van der Waals surface area contributed by atoms with Crippen molar-refractivity contribution < 1.29 is 0 Å². The SMILES string of the molecule is CCCCC(=NC)c1ccc(-n2cnc3ccccc32)s1. The lowest BCUT2D eigenvalue weighted by Crippen LogP contribution is -1.97. The Balaban J connectivity index is 1.94. The zero-order chi connectivity index (χ0) is 14.7. The number of benzene rings is 1. The lowest BCUT2D eigenvalue weighted by Gasteiger charge is -2.02. The molecule has 0 aliphatic heterocycles. The largest absolute Gasteiger partial charge is 0.292 e. The summed E-state index contributed by atoms with van der Waals surface area (Å²) in [6.45, 7) is 2.21. The highest BCUT2D eigenvalue weighted by atomic mass is 32.1. The summed E-state index contributed by atoms with van der Waals surface area (Å²) in [5, 5.41) is 1.19. The van der Waals surface area contributed by atoms with Crippen molar-refractivity contribution in [3.8, 4) is 5.00 Å². The molecule has 4 heteroatoms. The Bertz CT molecular complexity index is 767. The van der Waals surface area contributed by atoms with Crippen molar-refractivity contribution in [3.05, 3.63) is 47.6 Å². The number of thiophene rings is 1. The highest BCUT2D eigenvalue weighted by molar-refractivity contribution is 7.16. The van der Waals surface area contributed by atoms with Crippen molar-refractivity contribution in [2.75, 3.05) is 7.05 Å². The summed E-state index contributed by atoms with van der Waals surface area (Å²) in [5.41, 5.74) is 3.38. The van der Waals surface area contributed by atoms with Crippen molar-refractivity contribution in [1.82, 2.24) is 9.55 Å². The van der Waals surface area contributed by atoms with Gasteiger partial charge in [0.15, 0.2) is 0 Å². The topological polar surface area (TPSA) is 30.2 Å². The average molecular weight is 297 g/mol. The number of hydrogen-bond donors (Lipinski definition) is 0. The second-order valence-electron chi connectivity index (χ2n) is 5.02. The van der Waals surface area contributed by atoms with Crippen LogP contribution < -0.4 is 0 Å². The zero-order valence-corrected chi connectivity index (χ0v) is 13.2. The van der Waals surface area contributed by atoms with E-state index in [2.05, 4.69) is 45.7 Å². The number of nitrogens with zero attached hydrogens (tertiary/aromatic N) is 3. The molecule has 3 rings (SSSR count). The van der Waals surface area contributed by atoms with Gasteiger partial charge in [0.25, 0.3) is 0 Å². The maximum Gasteiger partial charge on any atom is 0.101 e. The molecule has 0 unspecified atom stereocenters. The Morgan fingerprint density at radius 2 is 2.10 bits per heavy atom. The third-order valence-electron chi connectivity index (χ3n) is 3.60. The molecule has 3 nitrogen and oxygen atoms in total. The van der Waals surface area contributed by atoms with Gasteiger partial charge in [-0.25, -0.2) is 4.98 Å². The minimum Gasteiger partial charge on any atom is -0.292 e. The number of hydrogen-bond acceptors (Lipinski definition) is 3. The van der Waals surface area contributed by atoms with Gasteiger partial charge in [-0.3, -0.25) is 9.56 Å². The van der Waals surface area contributed by atoms with Gasteiger partial charge in [0.1, 0.15) is 11.3 Å². The smallest absolute Gasteiger partial charge is 0.101 e. The third kappa shape index (κ3) is 2.76. The van der Waals surface area contributed by atoms with Gasteiger partial charge in [-0.15, -0.1) is 11.3 Å². The highest BCUT2D eigenvalue weighted by Crippen LogP contribution is 2.26. The first-order valence-corrected chi connectivity index (χ1v) is 8.13.